The van der Waals surface area contributed by atoms with Gasteiger partial charge in [0, 0.05) is 18.8 Å². The highest BCUT2D eigenvalue weighted by Gasteiger charge is 2.39. The molecule has 2 aliphatic heterocycles. The second-order valence-electron chi connectivity index (χ2n) is 6.71. The van der Waals surface area contributed by atoms with E-state index >= 15 is 0 Å². The molecule has 2 heterocycles. The number of benzene rings is 1. The van der Waals surface area contributed by atoms with Gasteiger partial charge in [0.2, 0.25) is 0 Å². The van der Waals surface area contributed by atoms with E-state index in [0.717, 1.165) is 5.56 Å². The quantitative estimate of drug-likeness (QED) is 0.865. The normalized spacial score (nSPS) is 22.7. The second-order valence-corrected chi connectivity index (χ2v) is 6.71. The number of amides is 3. The van der Waals surface area contributed by atoms with Crippen molar-refractivity contribution >= 4 is 11.9 Å². The summed E-state index contributed by atoms with van der Waals surface area (Å²) in [6.45, 7) is 4.61. The first-order valence-electron chi connectivity index (χ1n) is 8.51. The highest BCUT2D eigenvalue weighted by Crippen LogP contribution is 2.35. The predicted molar refractivity (Wildman–Crippen MR) is 93.4 cm³/mol. The highest BCUT2D eigenvalue weighted by atomic mass is 16.2. The summed E-state index contributed by atoms with van der Waals surface area (Å²) in [6, 6.07) is 11.7. The van der Waals surface area contributed by atoms with E-state index < -0.39 is 5.41 Å². The number of carbonyl (C=O) groups excluding carboxylic acids is 2. The van der Waals surface area contributed by atoms with Crippen molar-refractivity contribution in [3.05, 3.63) is 47.2 Å². The van der Waals surface area contributed by atoms with Gasteiger partial charge in [-0.1, -0.05) is 30.3 Å². The van der Waals surface area contributed by atoms with E-state index in [0.29, 0.717) is 37.2 Å². The first kappa shape index (κ1) is 17.0. The van der Waals surface area contributed by atoms with Crippen LogP contribution in [0.5, 0.6) is 0 Å². The SMILES string of the molecule is CC1=C(C(=O)N2CCC(C#N)(c3ccccc3)CC2)[C@H](C)NC(=O)N1. The Kier molecular flexibility index (Phi) is 4.49. The van der Waals surface area contributed by atoms with Gasteiger partial charge in [-0.25, -0.2) is 4.79 Å². The Bertz CT molecular complexity index is 755. The maximum atomic E-state index is 12.9. The van der Waals surface area contributed by atoms with Crippen LogP contribution in [0.2, 0.25) is 0 Å². The molecule has 0 saturated carbocycles. The van der Waals surface area contributed by atoms with Gasteiger partial charge in [-0.2, -0.15) is 5.26 Å². The molecule has 130 valence electrons. The molecule has 25 heavy (non-hydrogen) atoms. The number of nitrogens with one attached hydrogen (secondary N) is 2. The van der Waals surface area contributed by atoms with Crippen LogP contribution in [0, 0.1) is 11.3 Å². The number of nitrogens with zero attached hydrogens (tertiary/aromatic N) is 2. The molecule has 3 rings (SSSR count). The summed E-state index contributed by atoms with van der Waals surface area (Å²) in [5, 5.41) is 15.1. The largest absolute Gasteiger partial charge is 0.339 e. The van der Waals surface area contributed by atoms with Crippen LogP contribution in [-0.2, 0) is 10.2 Å². The van der Waals surface area contributed by atoms with Crippen LogP contribution in [-0.4, -0.2) is 36.0 Å². The molecule has 0 spiro atoms. The van der Waals surface area contributed by atoms with Gasteiger partial charge in [0.05, 0.1) is 23.1 Å². The smallest absolute Gasteiger partial charge is 0.319 e. The van der Waals surface area contributed by atoms with Crippen molar-refractivity contribution in [2.24, 2.45) is 0 Å². The fourth-order valence-electron chi connectivity index (χ4n) is 3.70. The Hall–Kier alpha value is -2.81. The molecular weight excluding hydrogens is 316 g/mol. The standard InChI is InChI=1S/C19H22N4O2/c1-13-16(14(2)22-18(25)21-13)17(24)23-10-8-19(12-20,9-11-23)15-6-4-3-5-7-15/h3-7,13H,8-11H2,1-2H3,(H2,21,22,25)/t13-/m0/s1. The Morgan fingerprint density at radius 2 is 1.92 bits per heavy atom. The zero-order valence-corrected chi connectivity index (χ0v) is 14.5. The lowest BCUT2D eigenvalue weighted by Crippen LogP contribution is -2.52. The molecule has 3 amide bonds. The first-order valence-corrected chi connectivity index (χ1v) is 8.51. The fraction of sp³-hybridized carbons (Fsp3) is 0.421. The van der Waals surface area contributed by atoms with Crippen molar-refractivity contribution in [3.8, 4) is 6.07 Å². The van der Waals surface area contributed by atoms with Crippen molar-refractivity contribution in [2.75, 3.05) is 13.1 Å². The molecule has 1 aromatic carbocycles. The molecule has 2 aliphatic rings. The van der Waals surface area contributed by atoms with E-state index in [-0.39, 0.29) is 18.0 Å². The van der Waals surface area contributed by atoms with E-state index in [2.05, 4.69) is 16.7 Å². The summed E-state index contributed by atoms with van der Waals surface area (Å²) in [5.41, 5.74) is 1.66. The van der Waals surface area contributed by atoms with Gasteiger partial charge >= 0.3 is 6.03 Å². The fourth-order valence-corrected chi connectivity index (χ4v) is 3.70. The molecular formula is C19H22N4O2. The van der Waals surface area contributed by atoms with Gasteiger partial charge in [0.25, 0.3) is 5.91 Å². The Balaban J connectivity index is 1.76. The average Bonchev–Trinajstić information content (AvgIpc) is 2.61. The van der Waals surface area contributed by atoms with Crippen molar-refractivity contribution in [1.29, 1.82) is 5.26 Å². The third-order valence-corrected chi connectivity index (χ3v) is 5.16. The molecule has 2 N–H and O–H groups in total. The number of likely N-dealkylation sites (tertiary alicyclic amines) is 1. The molecule has 0 bridgehead atoms. The molecule has 1 saturated heterocycles. The Labute approximate surface area is 147 Å². The van der Waals surface area contributed by atoms with Gasteiger partial charge in [-0.3, -0.25) is 4.79 Å². The number of urea groups is 1. The van der Waals surface area contributed by atoms with Crippen LogP contribution in [0.1, 0.15) is 32.3 Å². The van der Waals surface area contributed by atoms with E-state index in [1.807, 2.05) is 37.3 Å². The van der Waals surface area contributed by atoms with E-state index in [1.165, 1.54) is 0 Å². The van der Waals surface area contributed by atoms with Gasteiger partial charge in [0.15, 0.2) is 0 Å². The highest BCUT2D eigenvalue weighted by molar-refractivity contribution is 5.98. The summed E-state index contributed by atoms with van der Waals surface area (Å²) in [4.78, 5) is 26.2. The monoisotopic (exact) mass is 338 g/mol. The van der Waals surface area contributed by atoms with Crippen LogP contribution in [0.4, 0.5) is 4.79 Å². The van der Waals surface area contributed by atoms with Crippen LogP contribution < -0.4 is 10.6 Å². The minimum Gasteiger partial charge on any atom is -0.339 e. The van der Waals surface area contributed by atoms with E-state index in [4.69, 9.17) is 0 Å². The number of piperidine rings is 1. The molecule has 0 aliphatic carbocycles. The summed E-state index contributed by atoms with van der Waals surface area (Å²) in [7, 11) is 0. The minimum atomic E-state index is -0.536. The summed E-state index contributed by atoms with van der Waals surface area (Å²) in [5.74, 6) is -0.0721. The predicted octanol–water partition coefficient (Wildman–Crippen LogP) is 2.05. The first-order chi connectivity index (χ1) is 12.0. The molecule has 1 atom stereocenters. The van der Waals surface area contributed by atoms with E-state index in [9.17, 15) is 14.9 Å². The number of hydrogen-bond acceptors (Lipinski definition) is 3. The lowest BCUT2D eigenvalue weighted by Gasteiger charge is -2.39. The maximum absolute atomic E-state index is 12.9. The molecule has 0 radical (unpaired) electrons. The number of hydrogen-bond donors (Lipinski definition) is 2. The van der Waals surface area contributed by atoms with Crippen molar-refractivity contribution in [1.82, 2.24) is 15.5 Å². The molecule has 6 nitrogen and oxygen atoms in total. The molecule has 0 aromatic heterocycles. The van der Waals surface area contributed by atoms with Gasteiger partial charge < -0.3 is 15.5 Å². The molecule has 1 aromatic rings. The number of allylic oxidation sites excluding steroid dienone is 1. The average molecular weight is 338 g/mol. The summed E-state index contributed by atoms with van der Waals surface area (Å²) >= 11 is 0. The Morgan fingerprint density at radius 3 is 2.48 bits per heavy atom. The zero-order chi connectivity index (χ0) is 18.0. The summed E-state index contributed by atoms with van der Waals surface area (Å²) in [6.07, 6.45) is 1.22. The zero-order valence-electron chi connectivity index (χ0n) is 14.5. The number of nitriles is 1. The van der Waals surface area contributed by atoms with Crippen LogP contribution in [0.25, 0.3) is 0 Å². The van der Waals surface area contributed by atoms with Crippen LogP contribution >= 0.6 is 0 Å². The van der Waals surface area contributed by atoms with Crippen LogP contribution in [0.15, 0.2) is 41.6 Å². The van der Waals surface area contributed by atoms with Crippen molar-refractivity contribution in [3.63, 3.8) is 0 Å². The second kappa shape index (κ2) is 6.60. The van der Waals surface area contributed by atoms with Crippen molar-refractivity contribution in [2.45, 2.75) is 38.1 Å². The molecule has 6 heteroatoms. The summed E-state index contributed by atoms with van der Waals surface area (Å²) < 4.78 is 0. The van der Waals surface area contributed by atoms with Crippen LogP contribution in [0.3, 0.4) is 0 Å². The minimum absolute atomic E-state index is 0.0721. The number of rotatable bonds is 2. The third kappa shape index (κ3) is 3.10. The lowest BCUT2D eigenvalue weighted by atomic mass is 9.74. The number of carbonyl (C=O) groups is 2. The van der Waals surface area contributed by atoms with Gasteiger partial charge in [-0.15, -0.1) is 0 Å². The maximum Gasteiger partial charge on any atom is 0.319 e. The van der Waals surface area contributed by atoms with Gasteiger partial charge in [-0.05, 0) is 32.3 Å². The molecule has 1 fully saturated rings. The van der Waals surface area contributed by atoms with Gasteiger partial charge in [0.1, 0.15) is 0 Å². The third-order valence-electron chi connectivity index (χ3n) is 5.16. The topological polar surface area (TPSA) is 85.2 Å². The lowest BCUT2D eigenvalue weighted by molar-refractivity contribution is -0.128. The molecule has 0 unspecified atom stereocenters. The Morgan fingerprint density at radius 1 is 1.28 bits per heavy atom. The van der Waals surface area contributed by atoms with Crippen molar-refractivity contribution < 1.29 is 9.59 Å². The van der Waals surface area contributed by atoms with E-state index in [1.54, 1.807) is 11.8 Å².